The van der Waals surface area contributed by atoms with Crippen LogP contribution in [0, 0.1) is 0 Å². The standard InChI is InChI=1S/C10H18N2O6S/c1-3-18-10(15)11-4-6-12(7-5-11)19(16,17)8(2)9(13)14/h8H,3-7H2,1-2H3,(H,13,14). The van der Waals surface area contributed by atoms with Gasteiger partial charge in [-0.05, 0) is 13.8 Å². The Hall–Kier alpha value is -1.35. The largest absolute Gasteiger partial charge is 0.480 e. The molecule has 1 N–H and O–H groups in total. The molecule has 1 unspecified atom stereocenters. The molecule has 1 rings (SSSR count). The molecule has 0 aliphatic carbocycles. The molecule has 0 aromatic heterocycles. The summed E-state index contributed by atoms with van der Waals surface area (Å²) in [5.74, 6) is -1.38. The highest BCUT2D eigenvalue weighted by Gasteiger charge is 2.36. The van der Waals surface area contributed by atoms with Crippen molar-refractivity contribution in [3.05, 3.63) is 0 Å². The SMILES string of the molecule is CCOC(=O)N1CCN(S(=O)(=O)C(C)C(=O)O)CC1. The van der Waals surface area contributed by atoms with E-state index in [0.29, 0.717) is 0 Å². The molecule has 8 nitrogen and oxygen atoms in total. The number of aliphatic carboxylic acids is 1. The number of ether oxygens (including phenoxy) is 1. The molecule has 0 spiro atoms. The maximum absolute atomic E-state index is 11.9. The van der Waals surface area contributed by atoms with Gasteiger partial charge in [-0.1, -0.05) is 0 Å². The molecule has 1 heterocycles. The van der Waals surface area contributed by atoms with Crippen molar-refractivity contribution in [1.29, 1.82) is 0 Å². The van der Waals surface area contributed by atoms with Crippen molar-refractivity contribution in [3.8, 4) is 0 Å². The van der Waals surface area contributed by atoms with Gasteiger partial charge in [-0.25, -0.2) is 13.2 Å². The smallest absolute Gasteiger partial charge is 0.409 e. The van der Waals surface area contributed by atoms with Crippen LogP contribution in [0.2, 0.25) is 0 Å². The van der Waals surface area contributed by atoms with Crippen molar-refractivity contribution in [3.63, 3.8) is 0 Å². The fourth-order valence-electron chi connectivity index (χ4n) is 1.69. The van der Waals surface area contributed by atoms with Crippen LogP contribution in [0.15, 0.2) is 0 Å². The summed E-state index contributed by atoms with van der Waals surface area (Å²) in [7, 11) is -3.87. The van der Waals surface area contributed by atoms with Crippen molar-refractivity contribution >= 4 is 22.1 Å². The van der Waals surface area contributed by atoms with E-state index in [4.69, 9.17) is 9.84 Å². The van der Waals surface area contributed by atoms with Gasteiger partial charge in [0.2, 0.25) is 10.0 Å². The van der Waals surface area contributed by atoms with Crippen LogP contribution in [-0.4, -0.2) is 72.8 Å². The van der Waals surface area contributed by atoms with Crippen LogP contribution in [0.25, 0.3) is 0 Å². The maximum Gasteiger partial charge on any atom is 0.409 e. The number of amides is 1. The quantitative estimate of drug-likeness (QED) is 0.754. The third-order valence-corrected chi connectivity index (χ3v) is 5.10. The second kappa shape index (κ2) is 6.20. The summed E-state index contributed by atoms with van der Waals surface area (Å²) in [5, 5.41) is 7.28. The molecule has 1 saturated heterocycles. The highest BCUT2D eigenvalue weighted by molar-refractivity contribution is 7.90. The molecule has 1 fully saturated rings. The lowest BCUT2D eigenvalue weighted by atomic mass is 10.4. The third kappa shape index (κ3) is 3.57. The van der Waals surface area contributed by atoms with Gasteiger partial charge in [-0.15, -0.1) is 0 Å². The summed E-state index contributed by atoms with van der Waals surface area (Å²) in [6.07, 6.45) is -0.481. The fraction of sp³-hybridized carbons (Fsp3) is 0.800. The van der Waals surface area contributed by atoms with Gasteiger partial charge < -0.3 is 14.7 Å². The highest BCUT2D eigenvalue weighted by atomic mass is 32.2. The molecule has 1 atom stereocenters. The zero-order chi connectivity index (χ0) is 14.6. The number of hydrogen-bond donors (Lipinski definition) is 1. The van der Waals surface area contributed by atoms with Crippen LogP contribution in [0.4, 0.5) is 4.79 Å². The fourth-order valence-corrected chi connectivity index (χ4v) is 3.07. The zero-order valence-corrected chi connectivity index (χ0v) is 11.7. The summed E-state index contributed by atoms with van der Waals surface area (Å²) >= 11 is 0. The van der Waals surface area contributed by atoms with Gasteiger partial charge in [0.1, 0.15) is 0 Å². The Bertz CT molecular complexity index is 441. The van der Waals surface area contributed by atoms with Crippen LogP contribution in [0.3, 0.4) is 0 Å². The van der Waals surface area contributed by atoms with Crippen molar-refractivity contribution in [2.75, 3.05) is 32.8 Å². The molecule has 0 aromatic carbocycles. The van der Waals surface area contributed by atoms with E-state index in [0.717, 1.165) is 11.2 Å². The number of nitrogens with zero attached hydrogens (tertiary/aromatic N) is 2. The minimum Gasteiger partial charge on any atom is -0.480 e. The summed E-state index contributed by atoms with van der Waals surface area (Å²) in [6, 6.07) is 0. The summed E-state index contributed by atoms with van der Waals surface area (Å²) in [5.41, 5.74) is 0. The lowest BCUT2D eigenvalue weighted by Crippen LogP contribution is -2.53. The maximum atomic E-state index is 11.9. The Kier molecular flexibility index (Phi) is 5.12. The molecule has 19 heavy (non-hydrogen) atoms. The first-order valence-corrected chi connectivity index (χ1v) is 7.44. The van der Waals surface area contributed by atoms with Gasteiger partial charge in [0.05, 0.1) is 6.61 Å². The molecular formula is C10H18N2O6S. The summed E-state index contributed by atoms with van der Waals surface area (Å²) in [4.78, 5) is 23.6. The first-order chi connectivity index (χ1) is 8.80. The highest BCUT2D eigenvalue weighted by Crippen LogP contribution is 2.13. The van der Waals surface area contributed by atoms with E-state index in [9.17, 15) is 18.0 Å². The second-order valence-electron chi connectivity index (χ2n) is 4.11. The summed E-state index contributed by atoms with van der Waals surface area (Å²) < 4.78 is 29.8. The number of piperazine rings is 1. The molecule has 110 valence electrons. The third-order valence-electron chi connectivity index (χ3n) is 2.92. The van der Waals surface area contributed by atoms with E-state index < -0.39 is 27.3 Å². The minimum atomic E-state index is -3.87. The number of carbonyl (C=O) groups excluding carboxylic acids is 1. The Morgan fingerprint density at radius 1 is 1.26 bits per heavy atom. The average Bonchev–Trinajstić information content (AvgIpc) is 2.38. The molecule has 0 saturated carbocycles. The molecular weight excluding hydrogens is 276 g/mol. The van der Waals surface area contributed by atoms with E-state index in [2.05, 4.69) is 0 Å². The predicted octanol–water partition coefficient (Wildman–Crippen LogP) is -0.437. The first kappa shape index (κ1) is 15.7. The van der Waals surface area contributed by atoms with Crippen molar-refractivity contribution in [2.45, 2.75) is 19.1 Å². The molecule has 0 radical (unpaired) electrons. The number of rotatable bonds is 4. The number of sulfonamides is 1. The van der Waals surface area contributed by atoms with Crippen molar-refractivity contribution in [2.24, 2.45) is 0 Å². The van der Waals surface area contributed by atoms with Gasteiger partial charge in [0, 0.05) is 26.2 Å². The Labute approximate surface area is 112 Å². The second-order valence-corrected chi connectivity index (χ2v) is 6.36. The zero-order valence-electron chi connectivity index (χ0n) is 10.9. The minimum absolute atomic E-state index is 0.0821. The van der Waals surface area contributed by atoms with E-state index in [1.165, 1.54) is 4.90 Å². The normalized spacial score (nSPS) is 18.9. The van der Waals surface area contributed by atoms with Crippen molar-refractivity contribution < 1.29 is 27.9 Å². The van der Waals surface area contributed by atoms with Crippen LogP contribution >= 0.6 is 0 Å². The Balaban J connectivity index is 2.63. The molecule has 0 aromatic rings. The molecule has 9 heteroatoms. The van der Waals surface area contributed by atoms with Crippen LogP contribution in [0.5, 0.6) is 0 Å². The molecule has 0 bridgehead atoms. The molecule has 1 aliphatic rings. The Morgan fingerprint density at radius 3 is 2.21 bits per heavy atom. The average molecular weight is 294 g/mol. The number of hydrogen-bond acceptors (Lipinski definition) is 5. The number of carboxylic acids is 1. The lowest BCUT2D eigenvalue weighted by molar-refractivity contribution is -0.136. The molecule has 1 amide bonds. The monoisotopic (exact) mass is 294 g/mol. The van der Waals surface area contributed by atoms with Gasteiger partial charge in [0.25, 0.3) is 0 Å². The Morgan fingerprint density at radius 2 is 1.79 bits per heavy atom. The van der Waals surface area contributed by atoms with E-state index in [-0.39, 0.29) is 32.8 Å². The first-order valence-electron chi connectivity index (χ1n) is 5.94. The summed E-state index contributed by atoms with van der Waals surface area (Å²) in [6.45, 7) is 3.64. The van der Waals surface area contributed by atoms with E-state index in [1.807, 2.05) is 0 Å². The van der Waals surface area contributed by atoms with Crippen LogP contribution in [0.1, 0.15) is 13.8 Å². The van der Waals surface area contributed by atoms with E-state index >= 15 is 0 Å². The van der Waals surface area contributed by atoms with Gasteiger partial charge in [0.15, 0.2) is 5.25 Å². The topological polar surface area (TPSA) is 104 Å². The van der Waals surface area contributed by atoms with Crippen molar-refractivity contribution in [1.82, 2.24) is 9.21 Å². The number of carbonyl (C=O) groups is 2. The van der Waals surface area contributed by atoms with Gasteiger partial charge in [-0.2, -0.15) is 4.31 Å². The number of carboxylic acid groups (broad SMARTS) is 1. The predicted molar refractivity (Wildman–Crippen MR) is 66.2 cm³/mol. The molecule has 1 aliphatic heterocycles. The van der Waals surface area contributed by atoms with Gasteiger partial charge >= 0.3 is 12.1 Å². The van der Waals surface area contributed by atoms with Gasteiger partial charge in [-0.3, -0.25) is 4.79 Å². The van der Waals surface area contributed by atoms with E-state index in [1.54, 1.807) is 6.92 Å². The lowest BCUT2D eigenvalue weighted by Gasteiger charge is -2.34. The van der Waals surface area contributed by atoms with Crippen LogP contribution in [-0.2, 0) is 19.6 Å². The van der Waals surface area contributed by atoms with Crippen LogP contribution < -0.4 is 0 Å².